The van der Waals surface area contributed by atoms with E-state index in [9.17, 15) is 24.3 Å². The summed E-state index contributed by atoms with van der Waals surface area (Å²) in [4.78, 5) is 52.0. The molecule has 3 aromatic carbocycles. The number of aliphatic hydroxyl groups is 1. The van der Waals surface area contributed by atoms with Crippen LogP contribution in [0.5, 0.6) is 11.5 Å². The summed E-state index contributed by atoms with van der Waals surface area (Å²) in [6.45, 7) is 5.56. The van der Waals surface area contributed by atoms with Gasteiger partial charge in [-0.3, -0.25) is 19.2 Å². The third-order valence-electron chi connectivity index (χ3n) is 8.79. The van der Waals surface area contributed by atoms with Crippen molar-refractivity contribution in [2.24, 2.45) is 0 Å². The van der Waals surface area contributed by atoms with Crippen LogP contribution in [0, 0.1) is 0 Å². The van der Waals surface area contributed by atoms with Gasteiger partial charge in [0.25, 0.3) is 0 Å². The molecule has 2 unspecified atom stereocenters. The number of unbranched alkanes of at least 4 members (excludes halogenated alkanes) is 2. The van der Waals surface area contributed by atoms with E-state index in [1.165, 1.54) is 18.4 Å². The van der Waals surface area contributed by atoms with Gasteiger partial charge in [0.1, 0.15) is 18.7 Å². The molecular weight excluding hydrogens is 638 g/mol. The third-order valence-corrected chi connectivity index (χ3v) is 8.79. The number of carbonyl (C=O) groups is 4. The summed E-state index contributed by atoms with van der Waals surface area (Å²) in [5.74, 6) is -0.364. The smallest absolute Gasteiger partial charge is 0.246 e. The minimum absolute atomic E-state index is 0.0649. The van der Waals surface area contributed by atoms with Gasteiger partial charge in [0.2, 0.25) is 17.7 Å². The van der Waals surface area contributed by atoms with E-state index < -0.39 is 23.9 Å². The van der Waals surface area contributed by atoms with Gasteiger partial charge in [-0.1, -0.05) is 38.0 Å². The molecule has 0 saturated carbocycles. The number of fused-ring (bicyclic) bond motifs is 1. The Bertz CT molecular complexity index is 1660. The summed E-state index contributed by atoms with van der Waals surface area (Å²) in [7, 11) is 3.56. The topological polar surface area (TPSA) is 158 Å². The summed E-state index contributed by atoms with van der Waals surface area (Å²) >= 11 is 0. The third kappa shape index (κ3) is 9.97. The van der Waals surface area contributed by atoms with Gasteiger partial charge in [-0.25, -0.2) is 0 Å². The number of methoxy groups -OCH3 is 1. The molecule has 1 aliphatic rings. The second-order valence-corrected chi connectivity index (χ2v) is 12.6. The lowest BCUT2D eigenvalue weighted by atomic mass is 10.1. The number of benzene rings is 3. The molecule has 0 bridgehead atoms. The highest BCUT2D eigenvalue weighted by Gasteiger charge is 2.26. The minimum Gasteiger partial charge on any atom is -0.493 e. The van der Waals surface area contributed by atoms with Crippen molar-refractivity contribution < 1.29 is 33.8 Å². The highest BCUT2D eigenvalue weighted by Crippen LogP contribution is 2.35. The number of aliphatic hydroxyl groups excluding tert-OH is 1. The number of anilines is 3. The standard InChI is InChI=1S/C38H49N5O7/c1-6-7-8-13-36(46)40-24(2)37(47)41-25(3)38(48)42-30-15-26(21-44)14-27(16-30)23-50-35-19-32(29(22-45)18-34(35)49-5)39-20-31-17-28-11-9-10-12-33(28)43(31)4/h9-12,14-16,18-19,22,24-25,31,39,44H,6-8,13,17,20-21,23H2,1-5H3,(H,40,46)(H,41,47)(H,42,48)/t24-,25?,31?/m0/s1. The normalized spacial score (nSPS) is 14.6. The van der Waals surface area contributed by atoms with E-state index >= 15 is 0 Å². The summed E-state index contributed by atoms with van der Waals surface area (Å²) in [6, 6.07) is 15.3. The van der Waals surface area contributed by atoms with E-state index in [0.29, 0.717) is 52.5 Å². The highest BCUT2D eigenvalue weighted by molar-refractivity contribution is 5.98. The molecule has 12 heteroatoms. The number of hydrogen-bond acceptors (Lipinski definition) is 9. The number of aldehydes is 1. The van der Waals surface area contributed by atoms with E-state index in [1.807, 2.05) is 19.1 Å². The highest BCUT2D eigenvalue weighted by atomic mass is 16.5. The zero-order chi connectivity index (χ0) is 36.2. The Hall–Kier alpha value is -5.10. The quantitative estimate of drug-likeness (QED) is 0.0954. The van der Waals surface area contributed by atoms with Gasteiger partial charge >= 0.3 is 0 Å². The van der Waals surface area contributed by atoms with E-state index in [0.717, 1.165) is 32.0 Å². The number of carbonyl (C=O) groups excluding carboxylic acids is 4. The molecule has 3 amide bonds. The molecule has 3 atom stereocenters. The summed E-state index contributed by atoms with van der Waals surface area (Å²) in [5, 5.41) is 21.4. The van der Waals surface area contributed by atoms with Crippen LogP contribution in [0.1, 0.15) is 73.5 Å². The van der Waals surface area contributed by atoms with Gasteiger partial charge in [0.05, 0.1) is 19.8 Å². The molecule has 0 spiro atoms. The van der Waals surface area contributed by atoms with E-state index in [2.05, 4.69) is 45.3 Å². The molecule has 4 rings (SSSR count). The summed E-state index contributed by atoms with van der Waals surface area (Å²) in [5.41, 5.74) is 5.13. The molecule has 1 aliphatic heterocycles. The van der Waals surface area contributed by atoms with Crippen molar-refractivity contribution in [1.82, 2.24) is 10.6 Å². The van der Waals surface area contributed by atoms with Crippen molar-refractivity contribution in [3.8, 4) is 11.5 Å². The number of ether oxygens (including phenoxy) is 2. The molecule has 0 aromatic heterocycles. The molecule has 5 N–H and O–H groups in total. The second kappa shape index (κ2) is 18.1. The molecule has 0 fully saturated rings. The maximum atomic E-state index is 13.0. The zero-order valence-corrected chi connectivity index (χ0v) is 29.5. The van der Waals surface area contributed by atoms with Gasteiger partial charge in [0, 0.05) is 48.7 Å². The number of hydrogen-bond donors (Lipinski definition) is 5. The lowest BCUT2D eigenvalue weighted by Gasteiger charge is -2.24. The Kier molecular flexibility index (Phi) is 13.6. The first kappa shape index (κ1) is 37.7. The molecule has 3 aromatic rings. The van der Waals surface area contributed by atoms with Gasteiger partial charge in [-0.15, -0.1) is 0 Å². The molecule has 50 heavy (non-hydrogen) atoms. The SMILES string of the molecule is CCCCCC(=O)N[C@@H](C)C(=O)NC(C)C(=O)Nc1cc(CO)cc(COc2cc(NCC3Cc4ccccc4N3C)c(C=O)cc2OC)c1. The number of para-hydroxylation sites is 1. The average molecular weight is 688 g/mol. The molecule has 268 valence electrons. The average Bonchev–Trinajstić information content (AvgIpc) is 3.44. The van der Waals surface area contributed by atoms with Crippen molar-refractivity contribution in [3.05, 3.63) is 76.9 Å². The molecule has 12 nitrogen and oxygen atoms in total. The molecule has 1 heterocycles. The molecular formula is C38H49N5O7. The Morgan fingerprint density at radius 1 is 0.980 bits per heavy atom. The second-order valence-electron chi connectivity index (χ2n) is 12.6. The number of rotatable bonds is 18. The van der Waals surface area contributed by atoms with Crippen LogP contribution in [-0.2, 0) is 34.0 Å². The first-order valence-electron chi connectivity index (χ1n) is 17.1. The molecule has 0 saturated heterocycles. The van der Waals surface area contributed by atoms with Crippen LogP contribution in [0.2, 0.25) is 0 Å². The van der Waals surface area contributed by atoms with Crippen molar-refractivity contribution in [3.63, 3.8) is 0 Å². The largest absolute Gasteiger partial charge is 0.493 e. The van der Waals surface area contributed by atoms with Crippen LogP contribution < -0.4 is 35.6 Å². The Morgan fingerprint density at radius 3 is 2.42 bits per heavy atom. The predicted octanol–water partition coefficient (Wildman–Crippen LogP) is 4.58. The van der Waals surface area contributed by atoms with E-state index in [-0.39, 0.29) is 25.2 Å². The van der Waals surface area contributed by atoms with Crippen LogP contribution in [0.4, 0.5) is 17.1 Å². The maximum absolute atomic E-state index is 13.0. The number of amides is 3. The van der Waals surface area contributed by atoms with Crippen LogP contribution in [0.3, 0.4) is 0 Å². The molecule has 0 radical (unpaired) electrons. The lowest BCUT2D eigenvalue weighted by Crippen LogP contribution is -2.50. The van der Waals surface area contributed by atoms with Crippen molar-refractivity contribution in [2.45, 2.75) is 84.2 Å². The summed E-state index contributed by atoms with van der Waals surface area (Å²) in [6.07, 6.45) is 4.68. The fraction of sp³-hybridized carbons (Fsp3) is 0.421. The zero-order valence-electron chi connectivity index (χ0n) is 29.5. The fourth-order valence-electron chi connectivity index (χ4n) is 5.89. The Balaban J connectivity index is 1.39. The van der Waals surface area contributed by atoms with Crippen molar-refractivity contribution >= 4 is 41.1 Å². The number of nitrogens with zero attached hydrogens (tertiary/aromatic N) is 1. The van der Waals surface area contributed by atoms with E-state index in [1.54, 1.807) is 44.2 Å². The van der Waals surface area contributed by atoms with Crippen LogP contribution in [-0.4, -0.2) is 67.9 Å². The van der Waals surface area contributed by atoms with Crippen LogP contribution >= 0.6 is 0 Å². The van der Waals surface area contributed by atoms with Crippen molar-refractivity contribution in [1.29, 1.82) is 0 Å². The first-order chi connectivity index (χ1) is 24.1. The van der Waals surface area contributed by atoms with Crippen LogP contribution in [0.25, 0.3) is 0 Å². The first-order valence-corrected chi connectivity index (χ1v) is 17.1. The monoisotopic (exact) mass is 687 g/mol. The van der Waals surface area contributed by atoms with Gasteiger partial charge in [0.15, 0.2) is 17.8 Å². The van der Waals surface area contributed by atoms with Crippen molar-refractivity contribution in [2.75, 3.05) is 36.2 Å². The van der Waals surface area contributed by atoms with E-state index in [4.69, 9.17) is 9.47 Å². The van der Waals surface area contributed by atoms with Gasteiger partial charge in [-0.05, 0) is 73.7 Å². The molecule has 0 aliphatic carbocycles. The minimum atomic E-state index is -0.899. The predicted molar refractivity (Wildman–Crippen MR) is 194 cm³/mol. The van der Waals surface area contributed by atoms with Gasteiger partial charge < -0.3 is 40.7 Å². The maximum Gasteiger partial charge on any atom is 0.246 e. The summed E-state index contributed by atoms with van der Waals surface area (Å²) < 4.78 is 11.7. The Labute approximate surface area is 293 Å². The Morgan fingerprint density at radius 2 is 1.72 bits per heavy atom. The van der Waals surface area contributed by atoms with Gasteiger partial charge in [-0.2, -0.15) is 0 Å². The van der Waals surface area contributed by atoms with Crippen LogP contribution in [0.15, 0.2) is 54.6 Å². The number of nitrogens with one attached hydrogen (secondary N) is 4. The number of likely N-dealkylation sites (N-methyl/N-ethyl adjacent to an activating group) is 1. The fourth-order valence-corrected chi connectivity index (χ4v) is 5.89. The lowest BCUT2D eigenvalue weighted by molar-refractivity contribution is -0.130.